The highest BCUT2D eigenvalue weighted by Gasteiger charge is 2.69. The van der Waals surface area contributed by atoms with Crippen molar-refractivity contribution in [3.63, 3.8) is 0 Å². The number of carbonyl (C=O) groups excluding carboxylic acids is 2. The van der Waals surface area contributed by atoms with Gasteiger partial charge in [-0.15, -0.1) is 0 Å². The zero-order valence-electron chi connectivity index (χ0n) is 16.6. The van der Waals surface area contributed by atoms with E-state index in [2.05, 4.69) is 6.08 Å². The molecule has 0 heterocycles. The fourth-order valence-corrected chi connectivity index (χ4v) is 7.40. The smallest absolute Gasteiger partial charge is 0.218 e. The molecule has 0 bridgehead atoms. The number of benzene rings is 1. The first-order chi connectivity index (χ1) is 13.4. The maximum Gasteiger partial charge on any atom is 0.218 e. The average molecular weight is 399 g/mol. The number of fused-ring (bicyclic) bond motifs is 3. The third kappa shape index (κ3) is 2.45. The van der Waals surface area contributed by atoms with Crippen molar-refractivity contribution in [2.24, 2.45) is 11.3 Å². The second-order valence-corrected chi connectivity index (χ2v) is 9.99. The molecule has 148 valence electrons. The van der Waals surface area contributed by atoms with Gasteiger partial charge >= 0.3 is 0 Å². The maximum absolute atomic E-state index is 14.2. The van der Waals surface area contributed by atoms with Crippen molar-refractivity contribution < 1.29 is 18.5 Å². The molecule has 4 nitrogen and oxygen atoms in total. The molecule has 3 aliphatic rings. The zero-order chi connectivity index (χ0) is 20.1. The van der Waals surface area contributed by atoms with Crippen molar-refractivity contribution in [3.05, 3.63) is 53.3 Å². The Kier molecular flexibility index (Phi) is 4.69. The molecule has 5 heteroatoms. The second kappa shape index (κ2) is 6.80. The summed E-state index contributed by atoms with van der Waals surface area (Å²) in [5.74, 6) is -0.606. The number of carbonyl (C=O) groups is 2. The Bertz CT molecular complexity index is 926. The Morgan fingerprint density at radius 1 is 1.14 bits per heavy atom. The SMILES string of the molecule is COC1=CC(=O)[C@]2(C)CC=C3CCCC[C@@H]3[C@]2([S@@](=O)c2ccc(C)cc2)C1=O. The molecule has 0 aliphatic heterocycles. The number of hydrogen-bond donors (Lipinski definition) is 0. The van der Waals surface area contributed by atoms with Gasteiger partial charge in [0.1, 0.15) is 4.75 Å². The fourth-order valence-electron chi connectivity index (χ4n) is 5.25. The number of ketones is 2. The van der Waals surface area contributed by atoms with Crippen molar-refractivity contribution in [2.45, 2.75) is 55.6 Å². The van der Waals surface area contributed by atoms with Crippen LogP contribution in [-0.4, -0.2) is 27.6 Å². The van der Waals surface area contributed by atoms with E-state index in [1.807, 2.05) is 38.1 Å². The summed E-state index contributed by atoms with van der Waals surface area (Å²) in [4.78, 5) is 27.7. The van der Waals surface area contributed by atoms with E-state index in [9.17, 15) is 13.8 Å². The van der Waals surface area contributed by atoms with Gasteiger partial charge in [-0.2, -0.15) is 0 Å². The van der Waals surface area contributed by atoms with Gasteiger partial charge < -0.3 is 4.74 Å². The molecule has 0 N–H and O–H groups in total. The van der Waals surface area contributed by atoms with Crippen LogP contribution in [-0.2, 0) is 25.1 Å². The zero-order valence-corrected chi connectivity index (χ0v) is 17.4. The molecule has 0 amide bonds. The van der Waals surface area contributed by atoms with Crippen molar-refractivity contribution in [2.75, 3.05) is 7.11 Å². The Labute approximate surface area is 168 Å². The van der Waals surface area contributed by atoms with Gasteiger partial charge in [-0.1, -0.05) is 42.7 Å². The van der Waals surface area contributed by atoms with Crippen LogP contribution in [0.4, 0.5) is 0 Å². The first kappa shape index (κ1) is 19.3. The molecular formula is C23H26O4S. The van der Waals surface area contributed by atoms with Gasteiger partial charge in [0, 0.05) is 16.9 Å². The number of methoxy groups -OCH3 is 1. The van der Waals surface area contributed by atoms with Crippen LogP contribution in [0.1, 0.15) is 44.6 Å². The highest BCUT2D eigenvalue weighted by atomic mass is 32.2. The molecule has 0 saturated heterocycles. The largest absolute Gasteiger partial charge is 0.493 e. The predicted octanol–water partition coefficient (Wildman–Crippen LogP) is 4.05. The van der Waals surface area contributed by atoms with E-state index in [1.54, 1.807) is 0 Å². The molecule has 1 aromatic rings. The van der Waals surface area contributed by atoms with E-state index in [4.69, 9.17) is 4.74 Å². The number of allylic oxidation sites excluding steroid dienone is 4. The van der Waals surface area contributed by atoms with E-state index >= 15 is 0 Å². The summed E-state index contributed by atoms with van der Waals surface area (Å²) in [7, 11) is -0.273. The van der Waals surface area contributed by atoms with Crippen molar-refractivity contribution in [1.82, 2.24) is 0 Å². The Morgan fingerprint density at radius 3 is 2.54 bits per heavy atom. The van der Waals surface area contributed by atoms with Crippen LogP contribution in [0.2, 0.25) is 0 Å². The molecule has 4 rings (SSSR count). The standard InChI is InChI=1S/C23H26O4S/c1-15-8-10-17(11-9-15)28(26)23-18-7-5-4-6-16(18)12-13-22(23,2)20(24)14-19(27-3)21(23)25/h8-12,14,18H,4-7,13H2,1-3H3/t18-,22-,23-,28-/m0/s1. The van der Waals surface area contributed by atoms with E-state index in [0.29, 0.717) is 11.3 Å². The normalized spacial score (nSPS) is 33.3. The number of hydrogen-bond acceptors (Lipinski definition) is 4. The molecule has 3 aliphatic carbocycles. The summed E-state index contributed by atoms with van der Waals surface area (Å²) >= 11 is 0. The second-order valence-electron chi connectivity index (χ2n) is 8.34. The Balaban J connectivity index is 1.99. The maximum atomic E-state index is 14.2. The molecular weight excluding hydrogens is 372 g/mol. The van der Waals surface area contributed by atoms with Crippen molar-refractivity contribution in [3.8, 4) is 0 Å². The lowest BCUT2D eigenvalue weighted by atomic mass is 9.54. The number of rotatable bonds is 3. The highest BCUT2D eigenvalue weighted by molar-refractivity contribution is 7.87. The van der Waals surface area contributed by atoms with Crippen LogP contribution in [0.3, 0.4) is 0 Å². The molecule has 0 unspecified atom stereocenters. The van der Waals surface area contributed by atoms with Crippen LogP contribution in [0.15, 0.2) is 52.6 Å². The topological polar surface area (TPSA) is 60.4 Å². The monoisotopic (exact) mass is 398 g/mol. The minimum Gasteiger partial charge on any atom is -0.493 e. The van der Waals surface area contributed by atoms with Gasteiger partial charge in [0.2, 0.25) is 5.78 Å². The van der Waals surface area contributed by atoms with E-state index < -0.39 is 21.0 Å². The molecule has 1 saturated carbocycles. The molecule has 0 spiro atoms. The summed E-state index contributed by atoms with van der Waals surface area (Å²) in [6, 6.07) is 7.46. The van der Waals surface area contributed by atoms with Gasteiger partial charge in [0.15, 0.2) is 11.5 Å². The molecule has 4 atom stereocenters. The highest BCUT2D eigenvalue weighted by Crippen LogP contribution is 2.59. The molecule has 1 fully saturated rings. The quantitative estimate of drug-likeness (QED) is 0.721. The molecule has 0 aromatic heterocycles. The van der Waals surface area contributed by atoms with Gasteiger partial charge in [-0.25, -0.2) is 0 Å². The summed E-state index contributed by atoms with van der Waals surface area (Å²) in [5, 5.41) is 0. The summed E-state index contributed by atoms with van der Waals surface area (Å²) < 4.78 is 18.2. The Hall–Kier alpha value is -2.01. The van der Waals surface area contributed by atoms with Crippen LogP contribution in [0, 0.1) is 18.3 Å². The lowest BCUT2D eigenvalue weighted by Crippen LogP contribution is -2.67. The minimum absolute atomic E-state index is 0.0368. The first-order valence-corrected chi connectivity index (χ1v) is 11.0. The number of ether oxygens (including phenoxy) is 1. The third-order valence-electron chi connectivity index (χ3n) is 6.85. The van der Waals surface area contributed by atoms with Crippen LogP contribution >= 0.6 is 0 Å². The average Bonchev–Trinajstić information content (AvgIpc) is 2.71. The first-order valence-electron chi connectivity index (χ1n) is 9.88. The molecule has 0 radical (unpaired) electrons. The lowest BCUT2D eigenvalue weighted by Gasteiger charge is -2.55. The Morgan fingerprint density at radius 2 is 1.86 bits per heavy atom. The van der Waals surface area contributed by atoms with E-state index in [1.165, 1.54) is 18.8 Å². The van der Waals surface area contributed by atoms with Gasteiger partial charge in [-0.05, 0) is 44.7 Å². The van der Waals surface area contributed by atoms with Crippen LogP contribution in [0.25, 0.3) is 0 Å². The molecule has 1 aromatic carbocycles. The van der Waals surface area contributed by atoms with Crippen molar-refractivity contribution >= 4 is 22.4 Å². The van der Waals surface area contributed by atoms with Gasteiger partial charge in [0.25, 0.3) is 0 Å². The third-order valence-corrected chi connectivity index (χ3v) is 9.06. The van der Waals surface area contributed by atoms with Gasteiger partial charge in [-0.3, -0.25) is 13.8 Å². The van der Waals surface area contributed by atoms with E-state index in [-0.39, 0.29) is 23.2 Å². The van der Waals surface area contributed by atoms with E-state index in [0.717, 1.165) is 31.2 Å². The van der Waals surface area contributed by atoms with Crippen molar-refractivity contribution in [1.29, 1.82) is 0 Å². The molecule has 28 heavy (non-hydrogen) atoms. The summed E-state index contributed by atoms with van der Waals surface area (Å²) in [5.41, 5.74) is 1.21. The number of aryl methyl sites for hydroxylation is 1. The lowest BCUT2D eigenvalue weighted by molar-refractivity contribution is -0.138. The summed E-state index contributed by atoms with van der Waals surface area (Å²) in [6.07, 6.45) is 7.60. The number of Topliss-reactive ketones (excluding diaryl/α,β-unsaturated/α-hetero) is 1. The van der Waals surface area contributed by atoms with Gasteiger partial charge in [0.05, 0.1) is 23.3 Å². The predicted molar refractivity (Wildman–Crippen MR) is 108 cm³/mol. The minimum atomic E-state index is -1.68. The summed E-state index contributed by atoms with van der Waals surface area (Å²) in [6.45, 7) is 3.79. The fraction of sp³-hybridized carbons (Fsp3) is 0.478. The van der Waals surface area contributed by atoms with Crippen LogP contribution in [0.5, 0.6) is 0 Å². The van der Waals surface area contributed by atoms with Crippen LogP contribution < -0.4 is 0 Å².